The molecule has 3 aromatic rings. The first kappa shape index (κ1) is 21.5. The molecule has 12 nitrogen and oxygen atoms in total. The van der Waals surface area contributed by atoms with Gasteiger partial charge in [0.15, 0.2) is 17.4 Å². The lowest BCUT2D eigenvalue weighted by atomic mass is 10.1. The second-order valence-corrected chi connectivity index (χ2v) is 7.54. The smallest absolute Gasteiger partial charge is 0.280 e. The maximum atomic E-state index is 12.3. The third-order valence-electron chi connectivity index (χ3n) is 4.67. The number of aromatic nitrogens is 4. The molecule has 164 valence electrons. The molecule has 7 N–H and O–H groups in total. The number of hydrazone groups is 1. The van der Waals surface area contributed by atoms with Crippen LogP contribution in [0.4, 0.5) is 11.9 Å². The van der Waals surface area contributed by atoms with E-state index in [1.54, 1.807) is 18.2 Å². The number of ether oxygens (including phenoxy) is 1. The normalized spacial score (nSPS) is 23.8. The zero-order valence-electron chi connectivity index (χ0n) is 15.6. The predicted molar refractivity (Wildman–Crippen MR) is 113 cm³/mol. The summed E-state index contributed by atoms with van der Waals surface area (Å²) in [5, 5.41) is 34.8. The third kappa shape index (κ3) is 3.96. The number of anilines is 2. The van der Waals surface area contributed by atoms with E-state index in [-0.39, 0.29) is 23.1 Å². The van der Waals surface area contributed by atoms with Gasteiger partial charge in [-0.25, -0.2) is 10.4 Å². The van der Waals surface area contributed by atoms with Crippen molar-refractivity contribution < 1.29 is 20.1 Å². The minimum Gasteiger partial charge on any atom is -0.394 e. The van der Waals surface area contributed by atoms with E-state index in [0.29, 0.717) is 15.6 Å². The van der Waals surface area contributed by atoms with Gasteiger partial charge in [-0.2, -0.15) is 10.1 Å². The quantitative estimate of drug-likeness (QED) is 0.222. The van der Waals surface area contributed by atoms with Gasteiger partial charge < -0.3 is 25.8 Å². The number of rotatable bonds is 5. The predicted octanol–water partition coefficient (Wildman–Crippen LogP) is 0.0661. The van der Waals surface area contributed by atoms with Crippen LogP contribution in [0.1, 0.15) is 11.8 Å². The molecule has 0 radical (unpaired) electrons. The van der Waals surface area contributed by atoms with Crippen LogP contribution in [-0.2, 0) is 4.74 Å². The van der Waals surface area contributed by atoms with E-state index < -0.39 is 36.7 Å². The van der Waals surface area contributed by atoms with E-state index in [1.165, 1.54) is 10.8 Å². The maximum Gasteiger partial charge on any atom is 0.280 e. The number of aliphatic hydroxyl groups is 3. The Balaban J connectivity index is 1.76. The minimum absolute atomic E-state index is 0.0154. The SMILES string of the molecule is Nc1nc2c(nc(N/N=C\c3ccc(Cl)cc3Cl)n2[C@@H]2O[C@H](CO)[C@H](O)[C@H]2O)c(=O)[nH]1. The molecule has 3 heterocycles. The van der Waals surface area contributed by atoms with Crippen molar-refractivity contribution in [3.8, 4) is 0 Å². The monoisotopic (exact) mass is 469 g/mol. The van der Waals surface area contributed by atoms with Crippen molar-refractivity contribution in [2.24, 2.45) is 5.10 Å². The fraction of sp³-hybridized carbons (Fsp3) is 0.294. The van der Waals surface area contributed by atoms with Crippen molar-refractivity contribution in [3.05, 3.63) is 44.2 Å². The molecule has 4 atom stereocenters. The van der Waals surface area contributed by atoms with Gasteiger partial charge in [0.25, 0.3) is 5.56 Å². The van der Waals surface area contributed by atoms with Crippen LogP contribution in [0, 0.1) is 0 Å². The molecule has 1 aromatic carbocycles. The molecule has 0 saturated carbocycles. The lowest BCUT2D eigenvalue weighted by Crippen LogP contribution is -2.33. The molecule has 2 aromatic heterocycles. The van der Waals surface area contributed by atoms with E-state index in [0.717, 1.165) is 0 Å². The van der Waals surface area contributed by atoms with Gasteiger partial charge in [0.05, 0.1) is 17.8 Å². The van der Waals surface area contributed by atoms with Crippen molar-refractivity contribution in [2.45, 2.75) is 24.5 Å². The zero-order valence-corrected chi connectivity index (χ0v) is 17.1. The van der Waals surface area contributed by atoms with Crippen molar-refractivity contribution in [1.82, 2.24) is 19.5 Å². The zero-order chi connectivity index (χ0) is 22.3. The van der Waals surface area contributed by atoms with Gasteiger partial charge in [0, 0.05) is 10.6 Å². The van der Waals surface area contributed by atoms with Gasteiger partial charge in [-0.3, -0.25) is 14.3 Å². The number of H-pyrrole nitrogens is 1. The summed E-state index contributed by atoms with van der Waals surface area (Å²) in [7, 11) is 0. The molecule has 31 heavy (non-hydrogen) atoms. The summed E-state index contributed by atoms with van der Waals surface area (Å²) in [4.78, 5) is 22.8. The largest absolute Gasteiger partial charge is 0.394 e. The third-order valence-corrected chi connectivity index (χ3v) is 5.23. The number of nitrogens with zero attached hydrogens (tertiary/aromatic N) is 4. The summed E-state index contributed by atoms with van der Waals surface area (Å²) < 4.78 is 6.78. The fourth-order valence-electron chi connectivity index (χ4n) is 3.18. The highest BCUT2D eigenvalue weighted by Gasteiger charge is 2.45. The molecular formula is C17H17Cl2N7O5. The van der Waals surface area contributed by atoms with Crippen LogP contribution in [0.15, 0.2) is 28.1 Å². The van der Waals surface area contributed by atoms with Crippen LogP contribution in [0.5, 0.6) is 0 Å². The molecule has 1 aliphatic rings. The van der Waals surface area contributed by atoms with Crippen LogP contribution in [0.25, 0.3) is 11.2 Å². The molecule has 14 heteroatoms. The number of nitrogens with one attached hydrogen (secondary N) is 2. The van der Waals surface area contributed by atoms with Crippen LogP contribution in [-0.4, -0.2) is 66.0 Å². The van der Waals surface area contributed by atoms with Crippen LogP contribution in [0.2, 0.25) is 10.0 Å². The first-order valence-electron chi connectivity index (χ1n) is 8.94. The average Bonchev–Trinajstić information content (AvgIpc) is 3.21. The Morgan fingerprint density at radius 3 is 2.77 bits per heavy atom. The van der Waals surface area contributed by atoms with Gasteiger partial charge in [-0.15, -0.1) is 0 Å². The first-order chi connectivity index (χ1) is 14.8. The molecule has 1 aliphatic heterocycles. The number of hydrogen-bond donors (Lipinski definition) is 6. The van der Waals surface area contributed by atoms with Gasteiger partial charge in [0.2, 0.25) is 11.9 Å². The second kappa shape index (κ2) is 8.42. The van der Waals surface area contributed by atoms with Crippen molar-refractivity contribution >= 4 is 52.5 Å². The van der Waals surface area contributed by atoms with Crippen LogP contribution >= 0.6 is 23.2 Å². The summed E-state index contributed by atoms with van der Waals surface area (Å²) in [6, 6.07) is 4.83. The van der Waals surface area contributed by atoms with Gasteiger partial charge >= 0.3 is 0 Å². The van der Waals surface area contributed by atoms with Crippen LogP contribution in [0.3, 0.4) is 0 Å². The highest BCUT2D eigenvalue weighted by Crippen LogP contribution is 2.34. The van der Waals surface area contributed by atoms with E-state index in [1.807, 2.05) is 0 Å². The van der Waals surface area contributed by atoms with Crippen molar-refractivity contribution in [3.63, 3.8) is 0 Å². The number of imidazole rings is 1. The number of aliphatic hydroxyl groups excluding tert-OH is 3. The molecule has 0 spiro atoms. The standard InChI is InChI=1S/C17H17Cl2N7O5/c18-7-2-1-6(8(19)3-7)4-21-25-17-22-10-13(23-16(20)24-14(10)30)26(17)15-12(29)11(28)9(5-27)31-15/h1-4,9,11-12,15,27-29H,5H2,(H,22,25)(H3,20,23,24,30)/b21-4-/t9-,11+,12-,15-/m1/s1. The first-order valence-corrected chi connectivity index (χ1v) is 9.70. The van der Waals surface area contributed by atoms with Gasteiger partial charge in [-0.05, 0) is 12.1 Å². The van der Waals surface area contributed by atoms with E-state index >= 15 is 0 Å². The molecule has 1 fully saturated rings. The van der Waals surface area contributed by atoms with Crippen LogP contribution < -0.4 is 16.7 Å². The molecule has 0 aliphatic carbocycles. The van der Waals surface area contributed by atoms with Crippen molar-refractivity contribution in [1.29, 1.82) is 0 Å². The molecule has 4 rings (SSSR count). The number of fused-ring (bicyclic) bond motifs is 1. The highest BCUT2D eigenvalue weighted by molar-refractivity contribution is 6.36. The topological polar surface area (TPSA) is 184 Å². The summed E-state index contributed by atoms with van der Waals surface area (Å²) in [5.41, 5.74) is 8.10. The number of halogens is 2. The maximum absolute atomic E-state index is 12.3. The Labute approximate surface area is 183 Å². The summed E-state index contributed by atoms with van der Waals surface area (Å²) in [6.45, 7) is -0.534. The molecule has 1 saturated heterocycles. The Kier molecular flexibility index (Phi) is 5.83. The molecule has 0 unspecified atom stereocenters. The number of aromatic amines is 1. The summed E-state index contributed by atoms with van der Waals surface area (Å²) in [6.07, 6.45) is -3.72. The number of hydrogen-bond acceptors (Lipinski definition) is 10. The number of nitrogen functional groups attached to an aromatic ring is 1. The summed E-state index contributed by atoms with van der Waals surface area (Å²) >= 11 is 12.0. The van der Waals surface area contributed by atoms with Gasteiger partial charge in [-0.1, -0.05) is 29.3 Å². The second-order valence-electron chi connectivity index (χ2n) is 6.69. The number of nitrogens with two attached hydrogens (primary N) is 1. The Morgan fingerprint density at radius 1 is 1.32 bits per heavy atom. The highest BCUT2D eigenvalue weighted by atomic mass is 35.5. The fourth-order valence-corrected chi connectivity index (χ4v) is 3.64. The number of benzene rings is 1. The van der Waals surface area contributed by atoms with Gasteiger partial charge in [0.1, 0.15) is 18.3 Å². The minimum atomic E-state index is -1.45. The lowest BCUT2D eigenvalue weighted by Gasteiger charge is -2.18. The molecule has 0 amide bonds. The molecule has 0 bridgehead atoms. The van der Waals surface area contributed by atoms with E-state index in [4.69, 9.17) is 33.7 Å². The van der Waals surface area contributed by atoms with E-state index in [2.05, 4.69) is 25.5 Å². The van der Waals surface area contributed by atoms with E-state index in [9.17, 15) is 20.1 Å². The molecular weight excluding hydrogens is 453 g/mol. The summed E-state index contributed by atoms with van der Waals surface area (Å²) in [5.74, 6) is -0.219. The Hall–Kier alpha value is -2.74. The average molecular weight is 470 g/mol. The van der Waals surface area contributed by atoms with Crippen molar-refractivity contribution in [2.75, 3.05) is 17.8 Å². The lowest BCUT2D eigenvalue weighted by molar-refractivity contribution is -0.0501. The Bertz CT molecular complexity index is 1210. The Morgan fingerprint density at radius 2 is 2.10 bits per heavy atom.